The van der Waals surface area contributed by atoms with E-state index < -0.39 is 0 Å². The first-order valence-corrected chi connectivity index (χ1v) is 5.08. The number of aryl methyl sites for hydroxylation is 1. The second-order valence-corrected chi connectivity index (χ2v) is 3.62. The standard InChI is InChI=1S/C10H12ClNO2/c1-7-2-3-8(5-12-7)10-13-6-9(4-11)14-10/h2-3,5,9-10H,4,6H2,1H3. The molecule has 1 fully saturated rings. The molecule has 1 saturated heterocycles. The lowest BCUT2D eigenvalue weighted by atomic mass is 10.2. The van der Waals surface area contributed by atoms with Crippen LogP contribution in [-0.4, -0.2) is 23.6 Å². The van der Waals surface area contributed by atoms with E-state index >= 15 is 0 Å². The highest BCUT2D eigenvalue weighted by atomic mass is 35.5. The molecule has 0 amide bonds. The summed E-state index contributed by atoms with van der Waals surface area (Å²) in [5.41, 5.74) is 1.93. The minimum atomic E-state index is -0.299. The minimum absolute atomic E-state index is 0.00275. The van der Waals surface area contributed by atoms with Gasteiger partial charge in [0.1, 0.15) is 0 Å². The molecule has 1 aromatic heterocycles. The Balaban J connectivity index is 2.06. The normalized spacial score (nSPS) is 26.7. The average molecular weight is 214 g/mol. The summed E-state index contributed by atoms with van der Waals surface area (Å²) in [5, 5.41) is 0. The minimum Gasteiger partial charge on any atom is -0.346 e. The largest absolute Gasteiger partial charge is 0.346 e. The molecule has 0 bridgehead atoms. The molecule has 14 heavy (non-hydrogen) atoms. The third-order valence-corrected chi connectivity index (χ3v) is 2.47. The van der Waals surface area contributed by atoms with Crippen molar-refractivity contribution in [1.82, 2.24) is 4.98 Å². The van der Waals surface area contributed by atoms with Crippen molar-refractivity contribution in [3.8, 4) is 0 Å². The molecular weight excluding hydrogens is 202 g/mol. The Kier molecular flexibility index (Phi) is 3.01. The molecule has 0 aliphatic carbocycles. The third-order valence-electron chi connectivity index (χ3n) is 2.13. The zero-order valence-electron chi connectivity index (χ0n) is 7.94. The Morgan fingerprint density at radius 3 is 3.00 bits per heavy atom. The molecule has 4 heteroatoms. The van der Waals surface area contributed by atoms with Crippen LogP contribution in [0.3, 0.4) is 0 Å². The van der Waals surface area contributed by atoms with Gasteiger partial charge in [0.15, 0.2) is 6.29 Å². The van der Waals surface area contributed by atoms with E-state index in [1.807, 2.05) is 19.1 Å². The Bertz CT molecular complexity index is 301. The molecule has 1 aromatic rings. The van der Waals surface area contributed by atoms with Crippen LogP contribution < -0.4 is 0 Å². The smallest absolute Gasteiger partial charge is 0.185 e. The lowest BCUT2D eigenvalue weighted by Crippen LogP contribution is -2.10. The van der Waals surface area contributed by atoms with Crippen molar-refractivity contribution in [2.45, 2.75) is 19.3 Å². The van der Waals surface area contributed by atoms with Crippen molar-refractivity contribution in [2.24, 2.45) is 0 Å². The van der Waals surface area contributed by atoms with Crippen molar-refractivity contribution in [2.75, 3.05) is 12.5 Å². The van der Waals surface area contributed by atoms with Gasteiger partial charge in [0.2, 0.25) is 0 Å². The maximum absolute atomic E-state index is 5.67. The SMILES string of the molecule is Cc1ccc(C2OCC(CCl)O2)cn1. The Morgan fingerprint density at radius 1 is 1.57 bits per heavy atom. The molecular formula is C10H12ClNO2. The zero-order valence-corrected chi connectivity index (χ0v) is 8.70. The number of hydrogen-bond donors (Lipinski definition) is 0. The van der Waals surface area contributed by atoms with Crippen molar-refractivity contribution in [3.05, 3.63) is 29.6 Å². The molecule has 2 atom stereocenters. The van der Waals surface area contributed by atoms with Crippen LogP contribution in [0.5, 0.6) is 0 Å². The summed E-state index contributed by atoms with van der Waals surface area (Å²) in [5.74, 6) is 0.468. The van der Waals surface area contributed by atoms with E-state index in [4.69, 9.17) is 21.1 Å². The van der Waals surface area contributed by atoms with Gasteiger partial charge in [0.25, 0.3) is 0 Å². The highest BCUT2D eigenvalue weighted by Gasteiger charge is 2.26. The van der Waals surface area contributed by atoms with Gasteiger partial charge in [0, 0.05) is 17.5 Å². The van der Waals surface area contributed by atoms with Crippen molar-refractivity contribution >= 4 is 11.6 Å². The first-order valence-electron chi connectivity index (χ1n) is 4.55. The van der Waals surface area contributed by atoms with Crippen LogP contribution in [0, 0.1) is 6.92 Å². The van der Waals surface area contributed by atoms with Crippen LogP contribution in [0.15, 0.2) is 18.3 Å². The topological polar surface area (TPSA) is 31.4 Å². The summed E-state index contributed by atoms with van der Waals surface area (Å²) < 4.78 is 11.0. The third kappa shape index (κ3) is 2.05. The summed E-state index contributed by atoms with van der Waals surface area (Å²) >= 11 is 5.67. The monoisotopic (exact) mass is 213 g/mol. The second-order valence-electron chi connectivity index (χ2n) is 3.31. The number of ether oxygens (including phenoxy) is 2. The maximum Gasteiger partial charge on any atom is 0.185 e. The van der Waals surface area contributed by atoms with Gasteiger partial charge in [-0.15, -0.1) is 11.6 Å². The molecule has 0 aromatic carbocycles. The number of halogens is 1. The Hall–Kier alpha value is -0.640. The predicted octanol–water partition coefficient (Wildman–Crippen LogP) is 2.04. The second kappa shape index (κ2) is 4.26. The van der Waals surface area contributed by atoms with Gasteiger partial charge in [-0.05, 0) is 13.0 Å². The fraction of sp³-hybridized carbons (Fsp3) is 0.500. The molecule has 3 nitrogen and oxygen atoms in total. The number of alkyl halides is 1. The van der Waals surface area contributed by atoms with Crippen LogP contribution in [-0.2, 0) is 9.47 Å². The van der Waals surface area contributed by atoms with Gasteiger partial charge in [-0.25, -0.2) is 0 Å². The highest BCUT2D eigenvalue weighted by Crippen LogP contribution is 2.26. The molecule has 2 rings (SSSR count). The maximum atomic E-state index is 5.67. The van der Waals surface area contributed by atoms with E-state index in [0.717, 1.165) is 11.3 Å². The van der Waals surface area contributed by atoms with E-state index in [0.29, 0.717) is 12.5 Å². The van der Waals surface area contributed by atoms with Crippen LogP contribution >= 0.6 is 11.6 Å². The van der Waals surface area contributed by atoms with Crippen LogP contribution in [0.1, 0.15) is 17.5 Å². The van der Waals surface area contributed by atoms with Crippen LogP contribution in [0.25, 0.3) is 0 Å². The number of rotatable bonds is 2. The fourth-order valence-corrected chi connectivity index (χ4v) is 1.48. The molecule has 76 valence electrons. The van der Waals surface area contributed by atoms with Gasteiger partial charge >= 0.3 is 0 Å². The van der Waals surface area contributed by atoms with E-state index in [1.54, 1.807) is 6.20 Å². The average Bonchev–Trinajstić information content (AvgIpc) is 2.67. The van der Waals surface area contributed by atoms with E-state index in [9.17, 15) is 0 Å². The van der Waals surface area contributed by atoms with Gasteiger partial charge in [-0.3, -0.25) is 4.98 Å². The quantitative estimate of drug-likeness (QED) is 0.705. The first-order chi connectivity index (χ1) is 6.79. The summed E-state index contributed by atoms with van der Waals surface area (Å²) in [4.78, 5) is 4.18. The van der Waals surface area contributed by atoms with Gasteiger partial charge in [0.05, 0.1) is 18.6 Å². The van der Waals surface area contributed by atoms with E-state index in [1.165, 1.54) is 0 Å². The number of nitrogens with zero attached hydrogens (tertiary/aromatic N) is 1. The summed E-state index contributed by atoms with van der Waals surface area (Å²) in [6.07, 6.45) is 1.48. The molecule has 0 radical (unpaired) electrons. The summed E-state index contributed by atoms with van der Waals surface area (Å²) in [6, 6.07) is 3.90. The fourth-order valence-electron chi connectivity index (χ4n) is 1.32. The van der Waals surface area contributed by atoms with Crippen molar-refractivity contribution < 1.29 is 9.47 Å². The van der Waals surface area contributed by atoms with Gasteiger partial charge in [-0.1, -0.05) is 6.07 Å². The first kappa shape index (κ1) is 9.90. The lowest BCUT2D eigenvalue weighted by molar-refractivity contribution is -0.0569. The van der Waals surface area contributed by atoms with Crippen LogP contribution in [0.2, 0.25) is 0 Å². The zero-order chi connectivity index (χ0) is 9.97. The Morgan fingerprint density at radius 2 is 2.43 bits per heavy atom. The van der Waals surface area contributed by atoms with Crippen molar-refractivity contribution in [1.29, 1.82) is 0 Å². The summed E-state index contributed by atoms with van der Waals surface area (Å²) in [6.45, 7) is 2.50. The number of hydrogen-bond acceptors (Lipinski definition) is 3. The number of aromatic nitrogens is 1. The molecule has 0 N–H and O–H groups in total. The summed E-state index contributed by atoms with van der Waals surface area (Å²) in [7, 11) is 0. The highest BCUT2D eigenvalue weighted by molar-refractivity contribution is 6.18. The van der Waals surface area contributed by atoms with Gasteiger partial charge < -0.3 is 9.47 Å². The lowest BCUT2D eigenvalue weighted by Gasteiger charge is -2.09. The van der Waals surface area contributed by atoms with Crippen molar-refractivity contribution in [3.63, 3.8) is 0 Å². The molecule has 0 saturated carbocycles. The predicted molar refractivity (Wildman–Crippen MR) is 53.3 cm³/mol. The molecule has 2 unspecified atom stereocenters. The van der Waals surface area contributed by atoms with E-state index in [2.05, 4.69) is 4.98 Å². The van der Waals surface area contributed by atoms with E-state index in [-0.39, 0.29) is 12.4 Å². The van der Waals surface area contributed by atoms with Crippen LogP contribution in [0.4, 0.5) is 0 Å². The number of pyridine rings is 1. The molecule has 0 spiro atoms. The molecule has 1 aliphatic heterocycles. The molecule has 1 aliphatic rings. The molecule has 2 heterocycles. The Labute approximate surface area is 88.0 Å². The van der Waals surface area contributed by atoms with Gasteiger partial charge in [-0.2, -0.15) is 0 Å².